The summed E-state index contributed by atoms with van der Waals surface area (Å²) in [6, 6.07) is 12.3. The minimum atomic E-state index is -0.0583. The van der Waals surface area contributed by atoms with Crippen molar-refractivity contribution >= 4 is 16.9 Å². The van der Waals surface area contributed by atoms with Crippen LogP contribution in [0.5, 0.6) is 0 Å². The molecule has 1 amide bonds. The molecule has 140 valence electrons. The van der Waals surface area contributed by atoms with Gasteiger partial charge >= 0.3 is 0 Å². The second-order valence-electron chi connectivity index (χ2n) is 7.61. The van der Waals surface area contributed by atoms with Crippen LogP contribution in [0.25, 0.3) is 11.0 Å². The van der Waals surface area contributed by atoms with Crippen molar-refractivity contribution in [3.8, 4) is 0 Å². The van der Waals surface area contributed by atoms with Crippen LogP contribution in [-0.4, -0.2) is 44.7 Å². The van der Waals surface area contributed by atoms with Crippen molar-refractivity contribution in [3.63, 3.8) is 0 Å². The minimum Gasteiger partial charge on any atom is -0.336 e. The normalized spacial score (nSPS) is 20.0. The summed E-state index contributed by atoms with van der Waals surface area (Å²) in [4.78, 5) is 19.7. The maximum Gasteiger partial charge on any atom is 0.255 e. The number of carbonyl (C=O) groups is 1. The van der Waals surface area contributed by atoms with Gasteiger partial charge in [0, 0.05) is 36.5 Å². The second kappa shape index (κ2) is 6.78. The van der Waals surface area contributed by atoms with E-state index in [0.29, 0.717) is 18.7 Å². The van der Waals surface area contributed by atoms with Crippen LogP contribution in [-0.2, 0) is 0 Å². The van der Waals surface area contributed by atoms with Gasteiger partial charge in [0.1, 0.15) is 0 Å². The Morgan fingerprint density at radius 3 is 2.67 bits per heavy atom. The fourth-order valence-electron chi connectivity index (χ4n) is 3.88. The van der Waals surface area contributed by atoms with E-state index in [-0.39, 0.29) is 23.9 Å². The standard InChI is InChI=1S/C21H25N5O/c1-13(2)26-20-16(10-23-26)9-17(14(3)24-20)21(27)25-11-18(19(22)12-25)15-7-5-4-6-8-15/h4-10,13,18-19H,11-12,22H2,1-3H3/t18-,19+/m0/s1. The number of benzene rings is 1. The summed E-state index contributed by atoms with van der Waals surface area (Å²) in [5.41, 5.74) is 9.72. The van der Waals surface area contributed by atoms with E-state index in [0.717, 1.165) is 16.7 Å². The summed E-state index contributed by atoms with van der Waals surface area (Å²) in [7, 11) is 0. The molecule has 4 rings (SSSR count). The van der Waals surface area contributed by atoms with Crippen LogP contribution in [0.1, 0.15) is 47.4 Å². The highest BCUT2D eigenvalue weighted by Gasteiger charge is 2.34. The number of pyridine rings is 1. The molecule has 3 aromatic rings. The summed E-state index contributed by atoms with van der Waals surface area (Å²) in [6.45, 7) is 7.21. The molecule has 1 aromatic carbocycles. The maximum absolute atomic E-state index is 13.2. The number of aromatic nitrogens is 3. The molecule has 1 saturated heterocycles. The quantitative estimate of drug-likeness (QED) is 0.776. The third-order valence-electron chi connectivity index (χ3n) is 5.36. The average Bonchev–Trinajstić information content (AvgIpc) is 3.24. The van der Waals surface area contributed by atoms with Crippen LogP contribution in [0.3, 0.4) is 0 Å². The molecule has 1 fully saturated rings. The Balaban J connectivity index is 1.62. The van der Waals surface area contributed by atoms with Gasteiger partial charge in [-0.15, -0.1) is 0 Å². The third-order valence-corrected chi connectivity index (χ3v) is 5.36. The van der Waals surface area contributed by atoms with E-state index < -0.39 is 0 Å². The van der Waals surface area contributed by atoms with E-state index in [9.17, 15) is 4.79 Å². The van der Waals surface area contributed by atoms with Crippen LogP contribution in [0.2, 0.25) is 0 Å². The SMILES string of the molecule is Cc1nc2c(cnn2C(C)C)cc1C(=O)N1C[C@@H](N)[C@H](c2ccccc2)C1. The van der Waals surface area contributed by atoms with Crippen LogP contribution < -0.4 is 5.73 Å². The molecular formula is C21H25N5O. The first-order chi connectivity index (χ1) is 13.0. The van der Waals surface area contributed by atoms with Crippen molar-refractivity contribution in [1.29, 1.82) is 0 Å². The predicted molar refractivity (Wildman–Crippen MR) is 106 cm³/mol. The van der Waals surface area contributed by atoms with Crippen LogP contribution in [0, 0.1) is 6.92 Å². The third kappa shape index (κ3) is 3.10. The summed E-state index contributed by atoms with van der Waals surface area (Å²) in [5, 5.41) is 5.30. The zero-order valence-electron chi connectivity index (χ0n) is 16.0. The van der Waals surface area contributed by atoms with Gasteiger partial charge in [-0.2, -0.15) is 5.10 Å². The highest BCUT2D eigenvalue weighted by atomic mass is 16.2. The largest absolute Gasteiger partial charge is 0.336 e. The first-order valence-electron chi connectivity index (χ1n) is 9.40. The molecule has 3 heterocycles. The van der Waals surface area contributed by atoms with Gasteiger partial charge in [-0.25, -0.2) is 9.67 Å². The molecule has 0 saturated carbocycles. The molecule has 1 aliphatic rings. The lowest BCUT2D eigenvalue weighted by atomic mass is 9.95. The van der Waals surface area contributed by atoms with Gasteiger partial charge in [-0.3, -0.25) is 4.79 Å². The monoisotopic (exact) mass is 363 g/mol. The number of aryl methyl sites for hydroxylation is 1. The van der Waals surface area contributed by atoms with E-state index in [1.165, 1.54) is 5.56 Å². The van der Waals surface area contributed by atoms with Gasteiger partial charge in [0.15, 0.2) is 5.65 Å². The van der Waals surface area contributed by atoms with Gasteiger partial charge in [0.2, 0.25) is 0 Å². The lowest BCUT2D eigenvalue weighted by Crippen LogP contribution is -2.32. The molecule has 0 radical (unpaired) electrons. The zero-order chi connectivity index (χ0) is 19.1. The van der Waals surface area contributed by atoms with E-state index in [2.05, 4.69) is 36.1 Å². The Labute approximate surface area is 159 Å². The summed E-state index contributed by atoms with van der Waals surface area (Å²) < 4.78 is 1.88. The van der Waals surface area contributed by atoms with Crippen molar-refractivity contribution in [2.75, 3.05) is 13.1 Å². The highest BCUT2D eigenvalue weighted by molar-refractivity contribution is 5.98. The molecule has 0 unspecified atom stereocenters. The Bertz CT molecular complexity index is 979. The molecule has 6 heteroatoms. The first kappa shape index (κ1) is 17.7. The number of likely N-dealkylation sites (tertiary alicyclic amines) is 1. The van der Waals surface area contributed by atoms with Crippen molar-refractivity contribution in [1.82, 2.24) is 19.7 Å². The minimum absolute atomic E-state index is 0.00641. The molecule has 0 spiro atoms. The molecule has 2 N–H and O–H groups in total. The predicted octanol–water partition coefficient (Wildman–Crippen LogP) is 2.89. The van der Waals surface area contributed by atoms with Gasteiger partial charge < -0.3 is 10.6 Å². The van der Waals surface area contributed by atoms with E-state index in [4.69, 9.17) is 5.73 Å². The van der Waals surface area contributed by atoms with Crippen molar-refractivity contribution in [3.05, 3.63) is 59.4 Å². The van der Waals surface area contributed by atoms with Gasteiger partial charge in [-0.05, 0) is 32.4 Å². The smallest absolute Gasteiger partial charge is 0.255 e. The molecule has 1 aliphatic heterocycles. The number of rotatable bonds is 3. The van der Waals surface area contributed by atoms with E-state index >= 15 is 0 Å². The van der Waals surface area contributed by atoms with Crippen molar-refractivity contribution in [2.24, 2.45) is 5.73 Å². The lowest BCUT2D eigenvalue weighted by Gasteiger charge is -2.18. The number of fused-ring (bicyclic) bond motifs is 1. The fourth-order valence-corrected chi connectivity index (χ4v) is 3.88. The fraction of sp³-hybridized carbons (Fsp3) is 0.381. The Kier molecular flexibility index (Phi) is 4.44. The number of carbonyl (C=O) groups excluding carboxylic acids is 1. The number of hydrogen-bond donors (Lipinski definition) is 1. The average molecular weight is 363 g/mol. The van der Waals surface area contributed by atoms with E-state index in [1.807, 2.05) is 40.8 Å². The number of nitrogens with zero attached hydrogens (tertiary/aromatic N) is 4. The summed E-state index contributed by atoms with van der Waals surface area (Å²) in [6.07, 6.45) is 1.78. The van der Waals surface area contributed by atoms with Crippen LogP contribution in [0.4, 0.5) is 0 Å². The summed E-state index contributed by atoms with van der Waals surface area (Å²) in [5.74, 6) is 0.156. The molecule has 0 bridgehead atoms. The van der Waals surface area contributed by atoms with Crippen LogP contribution in [0.15, 0.2) is 42.6 Å². The van der Waals surface area contributed by atoms with Gasteiger partial charge in [0.25, 0.3) is 5.91 Å². The highest BCUT2D eigenvalue weighted by Crippen LogP contribution is 2.28. The Hall–Kier alpha value is -2.73. The Morgan fingerprint density at radius 1 is 1.22 bits per heavy atom. The number of amides is 1. The first-order valence-corrected chi connectivity index (χ1v) is 9.40. The molecule has 27 heavy (non-hydrogen) atoms. The topological polar surface area (TPSA) is 77.0 Å². The molecular weight excluding hydrogens is 338 g/mol. The van der Waals surface area contributed by atoms with E-state index in [1.54, 1.807) is 6.20 Å². The lowest BCUT2D eigenvalue weighted by molar-refractivity contribution is 0.0788. The van der Waals surface area contributed by atoms with Crippen LogP contribution >= 0.6 is 0 Å². The second-order valence-corrected chi connectivity index (χ2v) is 7.61. The number of nitrogens with two attached hydrogens (primary N) is 1. The Morgan fingerprint density at radius 2 is 1.96 bits per heavy atom. The molecule has 6 nitrogen and oxygen atoms in total. The van der Waals surface area contributed by atoms with Crippen molar-refractivity contribution < 1.29 is 4.79 Å². The van der Waals surface area contributed by atoms with Gasteiger partial charge in [0.05, 0.1) is 17.5 Å². The molecule has 2 aromatic heterocycles. The van der Waals surface area contributed by atoms with Gasteiger partial charge in [-0.1, -0.05) is 30.3 Å². The zero-order valence-corrected chi connectivity index (χ0v) is 16.0. The molecule has 2 atom stereocenters. The number of hydrogen-bond acceptors (Lipinski definition) is 4. The summed E-state index contributed by atoms with van der Waals surface area (Å²) >= 11 is 0. The van der Waals surface area contributed by atoms with Crippen molar-refractivity contribution in [2.45, 2.75) is 38.8 Å². The maximum atomic E-state index is 13.2. The molecule has 0 aliphatic carbocycles.